The van der Waals surface area contributed by atoms with Crippen molar-refractivity contribution >= 4 is 50.7 Å². The molecule has 0 saturated carbocycles. The molecule has 0 atom stereocenters. The predicted octanol–water partition coefficient (Wildman–Crippen LogP) is 4.25. The Morgan fingerprint density at radius 3 is 2.84 bits per heavy atom. The van der Waals surface area contributed by atoms with Gasteiger partial charge in [-0.3, -0.25) is 9.59 Å². The highest BCUT2D eigenvalue weighted by molar-refractivity contribution is 9.10. The number of benzene rings is 2. The molecule has 2 aromatic rings. The summed E-state index contributed by atoms with van der Waals surface area (Å²) in [4.78, 5) is 25.6. The SMILES string of the molecule is O=C(COc1ccc(Br)cc1Cl)Nc1cccc(N2CCCC2=O)c1. The summed E-state index contributed by atoms with van der Waals surface area (Å²) >= 11 is 9.37. The quantitative estimate of drug-likeness (QED) is 0.782. The van der Waals surface area contributed by atoms with E-state index in [4.69, 9.17) is 16.3 Å². The van der Waals surface area contributed by atoms with Gasteiger partial charge in [0, 0.05) is 28.8 Å². The zero-order valence-electron chi connectivity index (χ0n) is 13.3. The molecule has 2 amide bonds. The number of carbonyl (C=O) groups is 2. The lowest BCUT2D eigenvalue weighted by molar-refractivity contribution is -0.118. The predicted molar refractivity (Wildman–Crippen MR) is 101 cm³/mol. The number of carbonyl (C=O) groups excluding carboxylic acids is 2. The maximum absolute atomic E-state index is 12.1. The molecule has 0 spiro atoms. The van der Waals surface area contributed by atoms with E-state index in [0.717, 1.165) is 16.6 Å². The van der Waals surface area contributed by atoms with Gasteiger partial charge in [-0.25, -0.2) is 0 Å². The summed E-state index contributed by atoms with van der Waals surface area (Å²) in [5.41, 5.74) is 1.41. The molecule has 0 aliphatic carbocycles. The van der Waals surface area contributed by atoms with Crippen molar-refractivity contribution in [2.75, 3.05) is 23.4 Å². The number of ether oxygens (including phenoxy) is 1. The molecule has 1 fully saturated rings. The molecule has 0 unspecified atom stereocenters. The number of hydrogen-bond acceptors (Lipinski definition) is 3. The molecule has 0 radical (unpaired) electrons. The van der Waals surface area contributed by atoms with E-state index in [1.54, 1.807) is 35.2 Å². The van der Waals surface area contributed by atoms with E-state index in [1.165, 1.54) is 0 Å². The molecular weight excluding hydrogens is 408 g/mol. The van der Waals surface area contributed by atoms with E-state index >= 15 is 0 Å². The number of hydrogen-bond donors (Lipinski definition) is 1. The third-order valence-corrected chi connectivity index (χ3v) is 4.56. The Balaban J connectivity index is 1.60. The number of amides is 2. The minimum Gasteiger partial charge on any atom is -0.482 e. The summed E-state index contributed by atoms with van der Waals surface area (Å²) < 4.78 is 6.28. The number of nitrogens with zero attached hydrogens (tertiary/aromatic N) is 1. The smallest absolute Gasteiger partial charge is 0.262 e. The van der Waals surface area contributed by atoms with E-state index in [2.05, 4.69) is 21.2 Å². The van der Waals surface area contributed by atoms with Gasteiger partial charge in [0.2, 0.25) is 5.91 Å². The summed E-state index contributed by atoms with van der Waals surface area (Å²) in [7, 11) is 0. The lowest BCUT2D eigenvalue weighted by Crippen LogP contribution is -2.24. The Kier molecular flexibility index (Phi) is 5.60. The van der Waals surface area contributed by atoms with Crippen LogP contribution in [0.15, 0.2) is 46.9 Å². The van der Waals surface area contributed by atoms with Gasteiger partial charge in [-0.15, -0.1) is 0 Å². The molecule has 0 bridgehead atoms. The fraction of sp³-hybridized carbons (Fsp3) is 0.222. The van der Waals surface area contributed by atoms with Crippen molar-refractivity contribution in [1.29, 1.82) is 0 Å². The van der Waals surface area contributed by atoms with E-state index in [-0.39, 0.29) is 18.4 Å². The topological polar surface area (TPSA) is 58.6 Å². The minimum atomic E-state index is -0.302. The molecule has 3 rings (SSSR count). The van der Waals surface area contributed by atoms with Gasteiger partial charge in [0.15, 0.2) is 6.61 Å². The van der Waals surface area contributed by atoms with Crippen LogP contribution < -0.4 is 15.0 Å². The van der Waals surface area contributed by atoms with E-state index in [1.807, 2.05) is 12.1 Å². The van der Waals surface area contributed by atoms with E-state index in [0.29, 0.717) is 29.4 Å². The Bertz CT molecular complexity index is 813. The second-order valence-electron chi connectivity index (χ2n) is 5.61. The Labute approximate surface area is 159 Å². The van der Waals surface area contributed by atoms with Crippen LogP contribution in [0.2, 0.25) is 5.02 Å². The van der Waals surface area contributed by atoms with Crippen molar-refractivity contribution in [2.24, 2.45) is 0 Å². The zero-order chi connectivity index (χ0) is 17.8. The Morgan fingerprint density at radius 2 is 2.12 bits per heavy atom. The fourth-order valence-corrected chi connectivity index (χ4v) is 3.33. The first-order chi connectivity index (χ1) is 12.0. The molecule has 1 heterocycles. The summed E-state index contributed by atoms with van der Waals surface area (Å²) in [5, 5.41) is 3.19. The third kappa shape index (κ3) is 4.52. The number of anilines is 2. The van der Waals surface area contributed by atoms with Gasteiger partial charge in [0.05, 0.1) is 5.02 Å². The van der Waals surface area contributed by atoms with Gasteiger partial charge < -0.3 is 15.0 Å². The lowest BCUT2D eigenvalue weighted by Gasteiger charge is -2.17. The maximum Gasteiger partial charge on any atom is 0.262 e. The van der Waals surface area contributed by atoms with Crippen LogP contribution in [0.1, 0.15) is 12.8 Å². The molecule has 1 N–H and O–H groups in total. The molecule has 25 heavy (non-hydrogen) atoms. The number of rotatable bonds is 5. The van der Waals surface area contributed by atoms with Crippen LogP contribution in [-0.4, -0.2) is 25.0 Å². The van der Waals surface area contributed by atoms with Gasteiger partial charge in [0.25, 0.3) is 5.91 Å². The average Bonchev–Trinajstić information content (AvgIpc) is 3.00. The third-order valence-electron chi connectivity index (χ3n) is 3.77. The first-order valence-electron chi connectivity index (χ1n) is 7.81. The van der Waals surface area contributed by atoms with Gasteiger partial charge >= 0.3 is 0 Å². The van der Waals surface area contributed by atoms with Crippen molar-refractivity contribution in [2.45, 2.75) is 12.8 Å². The van der Waals surface area contributed by atoms with Crippen molar-refractivity contribution < 1.29 is 14.3 Å². The van der Waals surface area contributed by atoms with Gasteiger partial charge in [-0.1, -0.05) is 33.6 Å². The van der Waals surface area contributed by atoms with E-state index < -0.39 is 0 Å². The van der Waals surface area contributed by atoms with Crippen LogP contribution in [0.4, 0.5) is 11.4 Å². The summed E-state index contributed by atoms with van der Waals surface area (Å²) in [5.74, 6) is 0.247. The van der Waals surface area contributed by atoms with Crippen LogP contribution in [0.3, 0.4) is 0 Å². The van der Waals surface area contributed by atoms with Crippen LogP contribution >= 0.6 is 27.5 Å². The highest BCUT2D eigenvalue weighted by Gasteiger charge is 2.21. The van der Waals surface area contributed by atoms with Crippen LogP contribution in [0.5, 0.6) is 5.75 Å². The maximum atomic E-state index is 12.1. The summed E-state index contributed by atoms with van der Waals surface area (Å²) in [6.45, 7) is 0.551. The lowest BCUT2D eigenvalue weighted by atomic mass is 10.2. The van der Waals surface area contributed by atoms with Crippen molar-refractivity contribution in [3.05, 3.63) is 52.0 Å². The molecule has 1 aliphatic rings. The molecule has 1 aliphatic heterocycles. The molecule has 7 heteroatoms. The van der Waals surface area contributed by atoms with Gasteiger partial charge in [-0.05, 0) is 42.8 Å². The average molecular weight is 424 g/mol. The highest BCUT2D eigenvalue weighted by Crippen LogP contribution is 2.28. The van der Waals surface area contributed by atoms with Gasteiger partial charge in [-0.2, -0.15) is 0 Å². The summed E-state index contributed by atoms with van der Waals surface area (Å²) in [6, 6.07) is 12.4. The van der Waals surface area contributed by atoms with Crippen molar-refractivity contribution in [1.82, 2.24) is 0 Å². The van der Waals surface area contributed by atoms with Crippen LogP contribution in [0.25, 0.3) is 0 Å². The van der Waals surface area contributed by atoms with Crippen molar-refractivity contribution in [3.8, 4) is 5.75 Å². The number of halogens is 2. The molecular formula is C18H16BrClN2O3. The molecule has 2 aromatic carbocycles. The largest absolute Gasteiger partial charge is 0.482 e. The van der Waals surface area contributed by atoms with Crippen molar-refractivity contribution in [3.63, 3.8) is 0 Å². The summed E-state index contributed by atoms with van der Waals surface area (Å²) in [6.07, 6.45) is 1.43. The first kappa shape index (κ1) is 17.8. The van der Waals surface area contributed by atoms with Crippen LogP contribution in [0, 0.1) is 0 Å². The first-order valence-corrected chi connectivity index (χ1v) is 8.98. The molecule has 1 saturated heterocycles. The Hall–Kier alpha value is -2.05. The van der Waals surface area contributed by atoms with E-state index in [9.17, 15) is 9.59 Å². The second-order valence-corrected chi connectivity index (χ2v) is 6.93. The molecule has 130 valence electrons. The zero-order valence-corrected chi connectivity index (χ0v) is 15.6. The second kappa shape index (κ2) is 7.89. The molecule has 5 nitrogen and oxygen atoms in total. The monoisotopic (exact) mass is 422 g/mol. The highest BCUT2D eigenvalue weighted by atomic mass is 79.9. The number of nitrogens with one attached hydrogen (secondary N) is 1. The minimum absolute atomic E-state index is 0.108. The van der Waals surface area contributed by atoms with Crippen LogP contribution in [-0.2, 0) is 9.59 Å². The Morgan fingerprint density at radius 1 is 1.28 bits per heavy atom. The standard InChI is InChI=1S/C18H16BrClN2O3/c19-12-6-7-16(15(20)9-12)25-11-17(23)21-13-3-1-4-14(10-13)22-8-2-5-18(22)24/h1,3-4,6-7,9-10H,2,5,8,11H2,(H,21,23). The van der Waals surface area contributed by atoms with Gasteiger partial charge in [0.1, 0.15) is 5.75 Å². The fourth-order valence-electron chi connectivity index (χ4n) is 2.61. The molecule has 0 aromatic heterocycles. The normalized spacial score (nSPS) is 13.8.